The molecule has 0 bridgehead atoms. The van der Waals surface area contributed by atoms with E-state index < -0.39 is 0 Å². The number of phenols is 1. The van der Waals surface area contributed by atoms with Crippen LogP contribution in [-0.4, -0.2) is 35.1 Å². The molecule has 1 saturated heterocycles. The van der Waals surface area contributed by atoms with E-state index in [0.717, 1.165) is 5.56 Å². The fourth-order valence-electron chi connectivity index (χ4n) is 2.96. The minimum absolute atomic E-state index is 0.00465. The van der Waals surface area contributed by atoms with Gasteiger partial charge < -0.3 is 14.7 Å². The van der Waals surface area contributed by atoms with Crippen molar-refractivity contribution in [3.05, 3.63) is 65.7 Å². The summed E-state index contributed by atoms with van der Waals surface area (Å²) in [5.41, 5.74) is 1.68. The van der Waals surface area contributed by atoms with Crippen LogP contribution in [0.2, 0.25) is 0 Å². The lowest BCUT2D eigenvalue weighted by Crippen LogP contribution is -2.48. The number of hydrogen-bond donors (Lipinski definition) is 1. The lowest BCUT2D eigenvalue weighted by molar-refractivity contribution is -0.0954. The lowest BCUT2D eigenvalue weighted by atomic mass is 10.0. The third-order valence-corrected chi connectivity index (χ3v) is 4.44. The molecular weight excluding hydrogens is 302 g/mol. The summed E-state index contributed by atoms with van der Waals surface area (Å²) in [6, 6.07) is 16.4. The molecule has 4 nitrogen and oxygen atoms in total. The Bertz CT molecular complexity index is 682. The minimum atomic E-state index is -0.117. The van der Waals surface area contributed by atoms with Gasteiger partial charge in [-0.25, -0.2) is 0 Å². The molecule has 3 rings (SSSR count). The zero-order chi connectivity index (χ0) is 17.1. The second-order valence-corrected chi connectivity index (χ2v) is 6.57. The number of carbonyl (C=O) groups excluding carboxylic acids is 1. The van der Waals surface area contributed by atoms with Crippen LogP contribution in [0.1, 0.15) is 35.9 Å². The van der Waals surface area contributed by atoms with Gasteiger partial charge in [0.25, 0.3) is 5.91 Å². The van der Waals surface area contributed by atoms with Crippen molar-refractivity contribution in [3.8, 4) is 5.75 Å². The van der Waals surface area contributed by atoms with E-state index in [9.17, 15) is 9.90 Å². The summed E-state index contributed by atoms with van der Waals surface area (Å²) in [5, 5.41) is 9.41. The highest BCUT2D eigenvalue weighted by Gasteiger charge is 2.33. The van der Waals surface area contributed by atoms with Crippen LogP contribution in [0, 0.1) is 5.92 Å². The Morgan fingerprint density at radius 2 is 1.75 bits per heavy atom. The van der Waals surface area contributed by atoms with E-state index in [2.05, 4.69) is 13.8 Å². The average molecular weight is 325 g/mol. The molecule has 0 radical (unpaired) electrons. The number of hydrogen-bond acceptors (Lipinski definition) is 3. The monoisotopic (exact) mass is 325 g/mol. The molecule has 1 aliphatic rings. The van der Waals surface area contributed by atoms with Crippen LogP contribution in [0.4, 0.5) is 0 Å². The normalized spacial score (nSPS) is 21.0. The van der Waals surface area contributed by atoms with Crippen LogP contribution < -0.4 is 0 Å². The molecule has 1 heterocycles. The summed E-state index contributed by atoms with van der Waals surface area (Å²) < 4.78 is 6.24. The van der Waals surface area contributed by atoms with E-state index in [4.69, 9.17) is 4.74 Å². The molecular formula is C20H23NO3. The number of aromatic hydroxyl groups is 1. The van der Waals surface area contributed by atoms with Gasteiger partial charge in [-0.15, -0.1) is 0 Å². The van der Waals surface area contributed by atoms with Crippen LogP contribution in [0.3, 0.4) is 0 Å². The van der Waals surface area contributed by atoms with Crippen LogP contribution in [0.15, 0.2) is 54.6 Å². The average Bonchev–Trinajstić information content (AvgIpc) is 2.62. The smallest absolute Gasteiger partial charge is 0.254 e. The molecule has 2 aromatic rings. The van der Waals surface area contributed by atoms with Crippen LogP contribution in [0.25, 0.3) is 0 Å². The molecule has 1 N–H and O–H groups in total. The largest absolute Gasteiger partial charge is 0.508 e. The van der Waals surface area contributed by atoms with Crippen LogP contribution in [-0.2, 0) is 4.74 Å². The molecule has 2 atom stereocenters. The van der Waals surface area contributed by atoms with E-state index in [-0.39, 0.29) is 23.9 Å². The highest BCUT2D eigenvalue weighted by Crippen LogP contribution is 2.29. The standard InChI is InChI=1S/C20H23NO3/c1-14(2)18-12-21(20(23)16-8-10-17(22)11-9-16)13-19(24-18)15-6-4-3-5-7-15/h3-11,14,18-19,22H,12-13H2,1-2H3/t18-,19+/m1/s1. The molecule has 1 amide bonds. The lowest BCUT2D eigenvalue weighted by Gasteiger charge is -2.40. The highest BCUT2D eigenvalue weighted by atomic mass is 16.5. The van der Waals surface area contributed by atoms with Crippen molar-refractivity contribution in [3.63, 3.8) is 0 Å². The number of phenolic OH excluding ortho intramolecular Hbond substituents is 1. The van der Waals surface area contributed by atoms with Crippen molar-refractivity contribution in [1.82, 2.24) is 4.90 Å². The van der Waals surface area contributed by atoms with Crippen molar-refractivity contribution in [2.75, 3.05) is 13.1 Å². The Balaban J connectivity index is 1.83. The third-order valence-electron chi connectivity index (χ3n) is 4.44. The molecule has 0 aromatic heterocycles. The summed E-state index contributed by atoms with van der Waals surface area (Å²) in [6.45, 7) is 5.34. The van der Waals surface area contributed by atoms with Crippen molar-refractivity contribution in [1.29, 1.82) is 0 Å². The van der Waals surface area contributed by atoms with Gasteiger partial charge in [0, 0.05) is 12.1 Å². The van der Waals surface area contributed by atoms with Crippen molar-refractivity contribution in [2.24, 2.45) is 5.92 Å². The Kier molecular flexibility index (Phi) is 4.86. The zero-order valence-electron chi connectivity index (χ0n) is 14.1. The molecule has 0 unspecified atom stereocenters. The topological polar surface area (TPSA) is 49.8 Å². The maximum Gasteiger partial charge on any atom is 0.254 e. The number of rotatable bonds is 3. The molecule has 126 valence electrons. The first-order valence-electron chi connectivity index (χ1n) is 8.33. The fourth-order valence-corrected chi connectivity index (χ4v) is 2.96. The summed E-state index contributed by atoms with van der Waals surface area (Å²) in [6.07, 6.45) is -0.113. The maximum absolute atomic E-state index is 12.8. The summed E-state index contributed by atoms with van der Waals surface area (Å²) in [4.78, 5) is 14.7. The number of amides is 1. The molecule has 0 spiro atoms. The van der Waals surface area contributed by atoms with E-state index in [1.54, 1.807) is 24.3 Å². The zero-order valence-corrected chi connectivity index (χ0v) is 14.1. The van der Waals surface area contributed by atoms with Gasteiger partial charge in [0.05, 0.1) is 12.6 Å². The molecule has 1 fully saturated rings. The Morgan fingerprint density at radius 1 is 1.08 bits per heavy atom. The number of morpholine rings is 1. The van der Waals surface area contributed by atoms with Gasteiger partial charge in [0.1, 0.15) is 11.9 Å². The fraction of sp³-hybridized carbons (Fsp3) is 0.350. The third kappa shape index (κ3) is 3.60. The van der Waals surface area contributed by atoms with Gasteiger partial charge in [-0.1, -0.05) is 44.2 Å². The predicted octanol–water partition coefficient (Wildman–Crippen LogP) is 3.63. The number of benzene rings is 2. The van der Waals surface area contributed by atoms with E-state index in [0.29, 0.717) is 24.6 Å². The first-order chi connectivity index (χ1) is 11.5. The van der Waals surface area contributed by atoms with Gasteiger partial charge in [0.15, 0.2) is 0 Å². The highest BCUT2D eigenvalue weighted by molar-refractivity contribution is 5.94. The minimum Gasteiger partial charge on any atom is -0.508 e. The molecule has 1 aliphatic heterocycles. The molecule has 0 aliphatic carbocycles. The van der Waals surface area contributed by atoms with Gasteiger partial charge in [-0.3, -0.25) is 4.79 Å². The predicted molar refractivity (Wildman–Crippen MR) is 92.9 cm³/mol. The summed E-state index contributed by atoms with van der Waals surface area (Å²) in [5.74, 6) is 0.465. The Morgan fingerprint density at radius 3 is 2.38 bits per heavy atom. The van der Waals surface area contributed by atoms with Gasteiger partial charge in [-0.2, -0.15) is 0 Å². The number of nitrogens with zero attached hydrogens (tertiary/aromatic N) is 1. The first-order valence-corrected chi connectivity index (χ1v) is 8.33. The summed E-state index contributed by atoms with van der Waals surface area (Å²) in [7, 11) is 0. The first kappa shape index (κ1) is 16.5. The number of ether oxygens (including phenoxy) is 1. The van der Waals surface area contributed by atoms with E-state index in [1.807, 2.05) is 35.2 Å². The molecule has 0 saturated carbocycles. The van der Waals surface area contributed by atoms with Gasteiger partial charge in [0.2, 0.25) is 0 Å². The van der Waals surface area contributed by atoms with E-state index in [1.165, 1.54) is 0 Å². The van der Waals surface area contributed by atoms with Gasteiger partial charge >= 0.3 is 0 Å². The van der Waals surface area contributed by atoms with Crippen molar-refractivity contribution < 1.29 is 14.6 Å². The van der Waals surface area contributed by atoms with Crippen molar-refractivity contribution >= 4 is 5.91 Å². The molecule has 2 aromatic carbocycles. The number of carbonyl (C=O) groups is 1. The maximum atomic E-state index is 12.8. The van der Waals surface area contributed by atoms with Crippen LogP contribution in [0.5, 0.6) is 5.75 Å². The van der Waals surface area contributed by atoms with Gasteiger partial charge in [-0.05, 0) is 35.7 Å². The second-order valence-electron chi connectivity index (χ2n) is 6.57. The Labute approximate surface area is 142 Å². The molecule has 24 heavy (non-hydrogen) atoms. The van der Waals surface area contributed by atoms with E-state index >= 15 is 0 Å². The quantitative estimate of drug-likeness (QED) is 0.937. The second kappa shape index (κ2) is 7.05. The van der Waals surface area contributed by atoms with Crippen LogP contribution >= 0.6 is 0 Å². The summed E-state index contributed by atoms with van der Waals surface area (Å²) >= 11 is 0. The van der Waals surface area contributed by atoms with Crippen molar-refractivity contribution in [2.45, 2.75) is 26.1 Å². The molecule has 4 heteroatoms. The SMILES string of the molecule is CC(C)[C@H]1CN(C(=O)c2ccc(O)cc2)C[C@@H](c2ccccc2)O1. The Hall–Kier alpha value is -2.33.